The number of nitrogens with one attached hydrogen (secondary N) is 1. The monoisotopic (exact) mass is 274 g/mol. The van der Waals surface area contributed by atoms with Crippen molar-refractivity contribution in [1.29, 1.82) is 0 Å². The molecular formula is C16H22N2O2. The van der Waals surface area contributed by atoms with Gasteiger partial charge in [-0.3, -0.25) is 9.59 Å². The molecule has 1 aromatic rings. The predicted octanol–water partition coefficient (Wildman–Crippen LogP) is 2.20. The molecule has 108 valence electrons. The smallest absolute Gasteiger partial charge is 0.248 e. The van der Waals surface area contributed by atoms with Crippen LogP contribution in [0.5, 0.6) is 0 Å². The SMILES string of the molecule is CCNC(=O)C1CCC(c2ccc(C(N)=O)cc2)CC1. The molecule has 0 bridgehead atoms. The van der Waals surface area contributed by atoms with E-state index in [1.807, 2.05) is 19.1 Å². The highest BCUT2D eigenvalue weighted by Gasteiger charge is 2.26. The van der Waals surface area contributed by atoms with Gasteiger partial charge in [0.15, 0.2) is 0 Å². The fraction of sp³-hybridized carbons (Fsp3) is 0.500. The van der Waals surface area contributed by atoms with Gasteiger partial charge in [0.05, 0.1) is 0 Å². The highest BCUT2D eigenvalue weighted by Crippen LogP contribution is 2.35. The summed E-state index contributed by atoms with van der Waals surface area (Å²) in [5, 5.41) is 2.90. The van der Waals surface area contributed by atoms with E-state index in [0.717, 1.165) is 25.7 Å². The molecule has 2 rings (SSSR count). The Labute approximate surface area is 119 Å². The third kappa shape index (κ3) is 3.38. The number of nitrogens with two attached hydrogens (primary N) is 1. The van der Waals surface area contributed by atoms with Crippen LogP contribution in [0.4, 0.5) is 0 Å². The number of carbonyl (C=O) groups is 2. The summed E-state index contributed by atoms with van der Waals surface area (Å²) in [5.41, 5.74) is 7.03. The Bertz CT molecular complexity index is 474. The van der Waals surface area contributed by atoms with Crippen molar-refractivity contribution in [2.24, 2.45) is 11.7 Å². The van der Waals surface area contributed by atoms with E-state index >= 15 is 0 Å². The molecule has 20 heavy (non-hydrogen) atoms. The summed E-state index contributed by atoms with van der Waals surface area (Å²) in [5.74, 6) is 0.449. The van der Waals surface area contributed by atoms with Gasteiger partial charge >= 0.3 is 0 Å². The Hall–Kier alpha value is -1.84. The van der Waals surface area contributed by atoms with Crippen molar-refractivity contribution in [2.45, 2.75) is 38.5 Å². The van der Waals surface area contributed by atoms with Gasteiger partial charge in [-0.15, -0.1) is 0 Å². The average Bonchev–Trinajstić information content (AvgIpc) is 2.48. The van der Waals surface area contributed by atoms with Gasteiger partial charge in [-0.1, -0.05) is 12.1 Å². The second-order valence-corrected chi connectivity index (χ2v) is 5.43. The first-order valence-corrected chi connectivity index (χ1v) is 7.29. The zero-order valence-electron chi connectivity index (χ0n) is 11.9. The number of carbonyl (C=O) groups excluding carboxylic acids is 2. The second-order valence-electron chi connectivity index (χ2n) is 5.43. The largest absolute Gasteiger partial charge is 0.366 e. The Morgan fingerprint density at radius 3 is 2.25 bits per heavy atom. The van der Waals surface area contributed by atoms with Gasteiger partial charge in [0.25, 0.3) is 0 Å². The molecule has 1 aliphatic rings. The molecule has 1 fully saturated rings. The van der Waals surface area contributed by atoms with E-state index < -0.39 is 5.91 Å². The van der Waals surface area contributed by atoms with Crippen LogP contribution in [0.1, 0.15) is 54.4 Å². The van der Waals surface area contributed by atoms with Crippen LogP contribution >= 0.6 is 0 Å². The maximum Gasteiger partial charge on any atom is 0.248 e. The first-order chi connectivity index (χ1) is 9.61. The number of hydrogen-bond donors (Lipinski definition) is 2. The first-order valence-electron chi connectivity index (χ1n) is 7.29. The normalized spacial score (nSPS) is 22.2. The lowest BCUT2D eigenvalue weighted by Crippen LogP contribution is -2.32. The lowest BCUT2D eigenvalue weighted by Gasteiger charge is -2.28. The van der Waals surface area contributed by atoms with Gasteiger partial charge in [-0.05, 0) is 56.2 Å². The van der Waals surface area contributed by atoms with Gasteiger partial charge in [-0.25, -0.2) is 0 Å². The van der Waals surface area contributed by atoms with E-state index in [-0.39, 0.29) is 11.8 Å². The number of rotatable bonds is 4. The molecule has 1 saturated carbocycles. The van der Waals surface area contributed by atoms with Crippen molar-refractivity contribution >= 4 is 11.8 Å². The molecule has 0 radical (unpaired) electrons. The standard InChI is InChI=1S/C16H22N2O2/c1-2-18-16(20)14-9-5-12(6-10-14)11-3-7-13(8-4-11)15(17)19/h3-4,7-8,12,14H,2,5-6,9-10H2,1H3,(H2,17,19)(H,18,20). The van der Waals surface area contributed by atoms with Gasteiger partial charge < -0.3 is 11.1 Å². The van der Waals surface area contributed by atoms with Crippen molar-refractivity contribution in [2.75, 3.05) is 6.54 Å². The highest BCUT2D eigenvalue weighted by molar-refractivity contribution is 5.92. The molecule has 0 atom stereocenters. The third-order valence-electron chi connectivity index (χ3n) is 4.12. The average molecular weight is 274 g/mol. The number of hydrogen-bond acceptors (Lipinski definition) is 2. The van der Waals surface area contributed by atoms with E-state index in [1.54, 1.807) is 12.1 Å². The first kappa shape index (κ1) is 14.6. The number of benzene rings is 1. The molecule has 0 saturated heterocycles. The minimum Gasteiger partial charge on any atom is -0.366 e. The van der Waals surface area contributed by atoms with Crippen LogP contribution in [0, 0.1) is 5.92 Å². The van der Waals surface area contributed by atoms with Gasteiger partial charge in [0, 0.05) is 18.0 Å². The van der Waals surface area contributed by atoms with Crippen LogP contribution in [0.3, 0.4) is 0 Å². The van der Waals surface area contributed by atoms with Crippen molar-refractivity contribution in [3.63, 3.8) is 0 Å². The fourth-order valence-electron chi connectivity index (χ4n) is 2.93. The predicted molar refractivity (Wildman–Crippen MR) is 78.3 cm³/mol. The van der Waals surface area contributed by atoms with Crippen molar-refractivity contribution < 1.29 is 9.59 Å². The van der Waals surface area contributed by atoms with E-state index in [1.165, 1.54) is 5.56 Å². The van der Waals surface area contributed by atoms with Crippen molar-refractivity contribution in [3.05, 3.63) is 35.4 Å². The fourth-order valence-corrected chi connectivity index (χ4v) is 2.93. The maximum atomic E-state index is 11.8. The van der Waals surface area contributed by atoms with E-state index in [2.05, 4.69) is 5.32 Å². The summed E-state index contributed by atoms with van der Waals surface area (Å²) in [7, 11) is 0. The summed E-state index contributed by atoms with van der Waals surface area (Å²) < 4.78 is 0. The minimum absolute atomic E-state index is 0.163. The van der Waals surface area contributed by atoms with Crippen LogP contribution < -0.4 is 11.1 Å². The molecule has 0 heterocycles. The summed E-state index contributed by atoms with van der Waals surface area (Å²) >= 11 is 0. The molecule has 0 spiro atoms. The Kier molecular flexibility index (Phi) is 4.77. The molecule has 4 heteroatoms. The summed E-state index contributed by atoms with van der Waals surface area (Å²) in [6.45, 7) is 2.65. The van der Waals surface area contributed by atoms with E-state index in [4.69, 9.17) is 5.73 Å². The molecule has 3 N–H and O–H groups in total. The molecular weight excluding hydrogens is 252 g/mol. The van der Waals surface area contributed by atoms with Gasteiger partial charge in [0.1, 0.15) is 0 Å². The third-order valence-corrected chi connectivity index (χ3v) is 4.12. The van der Waals surface area contributed by atoms with Crippen LogP contribution in [0.25, 0.3) is 0 Å². The quantitative estimate of drug-likeness (QED) is 0.883. The van der Waals surface area contributed by atoms with Gasteiger partial charge in [0.2, 0.25) is 11.8 Å². The molecule has 1 aromatic carbocycles. The second kappa shape index (κ2) is 6.55. The summed E-state index contributed by atoms with van der Waals surface area (Å²) in [4.78, 5) is 22.8. The summed E-state index contributed by atoms with van der Waals surface area (Å²) in [6.07, 6.45) is 3.93. The lowest BCUT2D eigenvalue weighted by molar-refractivity contribution is -0.125. The van der Waals surface area contributed by atoms with E-state index in [9.17, 15) is 9.59 Å². The Balaban J connectivity index is 1.93. The molecule has 0 aromatic heterocycles. The molecule has 0 unspecified atom stereocenters. The topological polar surface area (TPSA) is 72.2 Å². The lowest BCUT2D eigenvalue weighted by atomic mass is 9.78. The Morgan fingerprint density at radius 2 is 1.75 bits per heavy atom. The summed E-state index contributed by atoms with van der Waals surface area (Å²) in [6, 6.07) is 7.54. The molecule has 4 nitrogen and oxygen atoms in total. The van der Waals surface area contributed by atoms with Gasteiger partial charge in [-0.2, -0.15) is 0 Å². The van der Waals surface area contributed by atoms with Crippen LogP contribution in [-0.2, 0) is 4.79 Å². The molecule has 2 amide bonds. The zero-order chi connectivity index (χ0) is 14.5. The number of primary amides is 1. The van der Waals surface area contributed by atoms with Crippen LogP contribution in [0.15, 0.2) is 24.3 Å². The number of amides is 2. The highest BCUT2D eigenvalue weighted by atomic mass is 16.2. The van der Waals surface area contributed by atoms with E-state index in [0.29, 0.717) is 18.0 Å². The molecule has 1 aliphatic carbocycles. The minimum atomic E-state index is -0.392. The van der Waals surface area contributed by atoms with Crippen LogP contribution in [-0.4, -0.2) is 18.4 Å². The zero-order valence-corrected chi connectivity index (χ0v) is 11.9. The van der Waals surface area contributed by atoms with Crippen molar-refractivity contribution in [1.82, 2.24) is 5.32 Å². The Morgan fingerprint density at radius 1 is 1.15 bits per heavy atom. The van der Waals surface area contributed by atoms with Crippen LogP contribution in [0.2, 0.25) is 0 Å². The van der Waals surface area contributed by atoms with Crippen molar-refractivity contribution in [3.8, 4) is 0 Å². The molecule has 0 aliphatic heterocycles. The maximum absolute atomic E-state index is 11.8.